The van der Waals surface area contributed by atoms with E-state index in [4.69, 9.17) is 34.8 Å². The summed E-state index contributed by atoms with van der Waals surface area (Å²) in [7, 11) is 0. The van der Waals surface area contributed by atoms with Gasteiger partial charge < -0.3 is 0 Å². The van der Waals surface area contributed by atoms with Gasteiger partial charge in [0.2, 0.25) is 0 Å². The van der Waals surface area contributed by atoms with Crippen LogP contribution in [0.15, 0.2) is 54.6 Å². The van der Waals surface area contributed by atoms with Crippen molar-refractivity contribution in [3.05, 3.63) is 69.8 Å². The second kappa shape index (κ2) is 6.02. The van der Waals surface area contributed by atoms with Crippen LogP contribution in [-0.2, 0) is 0 Å². The fraction of sp³-hybridized carbons (Fsp3) is 0. The Hall–Kier alpha value is -1.61. The van der Waals surface area contributed by atoms with E-state index in [1.807, 2.05) is 36.4 Å². The zero-order valence-corrected chi connectivity index (χ0v) is 13.0. The molecule has 104 valence electrons. The molecule has 0 saturated heterocycles. The number of aromatic nitrogens is 2. The Labute approximate surface area is 137 Å². The van der Waals surface area contributed by atoms with Gasteiger partial charge in [-0.3, -0.25) is 0 Å². The second-order valence-corrected chi connectivity index (χ2v) is 5.62. The van der Waals surface area contributed by atoms with E-state index in [2.05, 4.69) is 9.97 Å². The maximum atomic E-state index is 6.23. The van der Waals surface area contributed by atoms with Crippen molar-refractivity contribution in [1.29, 1.82) is 0 Å². The van der Waals surface area contributed by atoms with Crippen LogP contribution in [0.4, 0.5) is 0 Å². The summed E-state index contributed by atoms with van der Waals surface area (Å²) in [5.41, 5.74) is 2.32. The first-order valence-corrected chi connectivity index (χ1v) is 7.32. The third kappa shape index (κ3) is 3.18. The summed E-state index contributed by atoms with van der Waals surface area (Å²) in [5.74, 6) is 0.559. The van der Waals surface area contributed by atoms with Crippen LogP contribution in [0.3, 0.4) is 0 Å². The van der Waals surface area contributed by atoms with E-state index in [9.17, 15) is 0 Å². The minimum Gasteiger partial charge on any atom is -0.228 e. The maximum Gasteiger partial charge on any atom is 0.161 e. The van der Waals surface area contributed by atoms with E-state index in [0.29, 0.717) is 26.7 Å². The molecule has 0 atom stereocenters. The van der Waals surface area contributed by atoms with Gasteiger partial charge in [0.15, 0.2) is 5.82 Å². The highest BCUT2D eigenvalue weighted by molar-refractivity contribution is 6.36. The van der Waals surface area contributed by atoms with Gasteiger partial charge in [0, 0.05) is 22.2 Å². The quantitative estimate of drug-likeness (QED) is 0.555. The molecule has 0 N–H and O–H groups in total. The molecule has 0 unspecified atom stereocenters. The Bertz CT molecular complexity index is 789. The molecule has 3 rings (SSSR count). The van der Waals surface area contributed by atoms with E-state index in [0.717, 1.165) is 11.1 Å². The number of nitrogens with zero attached hydrogens (tertiary/aromatic N) is 2. The first kappa shape index (κ1) is 14.3. The van der Waals surface area contributed by atoms with Crippen LogP contribution in [-0.4, -0.2) is 9.97 Å². The average molecular weight is 336 g/mol. The molecule has 21 heavy (non-hydrogen) atoms. The number of halogens is 3. The normalized spacial score (nSPS) is 10.6. The fourth-order valence-electron chi connectivity index (χ4n) is 1.97. The minimum atomic E-state index is 0.366. The topological polar surface area (TPSA) is 25.8 Å². The molecule has 0 radical (unpaired) electrons. The van der Waals surface area contributed by atoms with Crippen LogP contribution in [0.1, 0.15) is 0 Å². The molecule has 0 aliphatic heterocycles. The Balaban J connectivity index is 2.14. The smallest absolute Gasteiger partial charge is 0.161 e. The molecule has 0 saturated carbocycles. The molecular formula is C16H9Cl3N2. The van der Waals surface area contributed by atoms with Gasteiger partial charge in [-0.25, -0.2) is 9.97 Å². The molecule has 0 aliphatic rings. The summed E-state index contributed by atoms with van der Waals surface area (Å²) >= 11 is 18.3. The largest absolute Gasteiger partial charge is 0.228 e. The van der Waals surface area contributed by atoms with Crippen molar-refractivity contribution in [2.75, 3.05) is 0 Å². The Morgan fingerprint density at radius 1 is 0.762 bits per heavy atom. The van der Waals surface area contributed by atoms with Gasteiger partial charge in [0.25, 0.3) is 0 Å². The van der Waals surface area contributed by atoms with Crippen molar-refractivity contribution in [2.24, 2.45) is 0 Å². The molecule has 2 aromatic carbocycles. The monoisotopic (exact) mass is 334 g/mol. The van der Waals surface area contributed by atoms with Crippen LogP contribution >= 0.6 is 34.8 Å². The first-order valence-electron chi connectivity index (χ1n) is 6.19. The number of hydrogen-bond donors (Lipinski definition) is 0. The Kier molecular flexibility index (Phi) is 4.11. The fourth-order valence-corrected chi connectivity index (χ4v) is 2.66. The molecule has 0 bridgehead atoms. The third-order valence-corrected chi connectivity index (χ3v) is 3.68. The van der Waals surface area contributed by atoms with Crippen molar-refractivity contribution in [1.82, 2.24) is 9.97 Å². The van der Waals surface area contributed by atoms with Crippen molar-refractivity contribution in [3.63, 3.8) is 0 Å². The minimum absolute atomic E-state index is 0.366. The molecule has 3 aromatic rings. The Morgan fingerprint density at radius 3 is 2.24 bits per heavy atom. The molecule has 1 aromatic heterocycles. The van der Waals surface area contributed by atoms with Crippen molar-refractivity contribution in [3.8, 4) is 22.6 Å². The molecule has 0 spiro atoms. The highest BCUT2D eigenvalue weighted by atomic mass is 35.5. The Morgan fingerprint density at radius 2 is 1.52 bits per heavy atom. The summed E-state index contributed by atoms with van der Waals surface area (Å²) in [5, 5.41) is 1.47. The van der Waals surface area contributed by atoms with E-state index in [1.54, 1.807) is 18.2 Å². The van der Waals surface area contributed by atoms with E-state index in [1.165, 1.54) is 0 Å². The summed E-state index contributed by atoms with van der Waals surface area (Å²) in [6.45, 7) is 0. The average Bonchev–Trinajstić information content (AvgIpc) is 2.47. The van der Waals surface area contributed by atoms with E-state index in [-0.39, 0.29) is 0 Å². The highest BCUT2D eigenvalue weighted by Crippen LogP contribution is 2.31. The van der Waals surface area contributed by atoms with Crippen LogP contribution in [0, 0.1) is 0 Å². The standard InChI is InChI=1S/C16H9Cl3N2/c17-11-6-7-12(13(18)8-11)14-9-15(19)21-16(20-14)10-4-2-1-3-5-10/h1-9H. The molecule has 0 fully saturated rings. The predicted octanol–water partition coefficient (Wildman–Crippen LogP) is 5.77. The summed E-state index contributed by atoms with van der Waals surface area (Å²) in [6, 6.07) is 16.6. The number of rotatable bonds is 2. The SMILES string of the molecule is Clc1ccc(-c2cc(Cl)nc(-c3ccccc3)n2)c(Cl)c1. The maximum absolute atomic E-state index is 6.23. The van der Waals surface area contributed by atoms with Crippen LogP contribution in [0.25, 0.3) is 22.6 Å². The van der Waals surface area contributed by atoms with E-state index >= 15 is 0 Å². The van der Waals surface area contributed by atoms with Gasteiger partial charge in [0.1, 0.15) is 5.15 Å². The molecular weight excluding hydrogens is 327 g/mol. The van der Waals surface area contributed by atoms with Gasteiger partial charge >= 0.3 is 0 Å². The van der Waals surface area contributed by atoms with E-state index < -0.39 is 0 Å². The molecule has 5 heteroatoms. The predicted molar refractivity (Wildman–Crippen MR) is 87.9 cm³/mol. The van der Waals surface area contributed by atoms with Gasteiger partial charge in [-0.2, -0.15) is 0 Å². The zero-order chi connectivity index (χ0) is 14.8. The van der Waals surface area contributed by atoms with Crippen molar-refractivity contribution < 1.29 is 0 Å². The molecule has 1 heterocycles. The number of hydrogen-bond acceptors (Lipinski definition) is 2. The molecule has 0 aliphatic carbocycles. The lowest BCUT2D eigenvalue weighted by atomic mass is 10.1. The van der Waals surface area contributed by atoms with Gasteiger partial charge in [0.05, 0.1) is 10.7 Å². The summed E-state index contributed by atoms with van der Waals surface area (Å²) < 4.78 is 0. The number of benzene rings is 2. The van der Waals surface area contributed by atoms with Gasteiger partial charge in [-0.05, 0) is 18.2 Å². The van der Waals surface area contributed by atoms with Crippen molar-refractivity contribution in [2.45, 2.75) is 0 Å². The highest BCUT2D eigenvalue weighted by Gasteiger charge is 2.10. The van der Waals surface area contributed by atoms with Gasteiger partial charge in [-0.1, -0.05) is 65.1 Å². The summed E-state index contributed by atoms with van der Waals surface area (Å²) in [6.07, 6.45) is 0. The van der Waals surface area contributed by atoms with Crippen LogP contribution in [0.5, 0.6) is 0 Å². The second-order valence-electron chi connectivity index (χ2n) is 4.39. The molecule has 2 nitrogen and oxygen atoms in total. The van der Waals surface area contributed by atoms with Crippen LogP contribution in [0.2, 0.25) is 15.2 Å². The van der Waals surface area contributed by atoms with Crippen LogP contribution < -0.4 is 0 Å². The summed E-state index contributed by atoms with van der Waals surface area (Å²) in [4.78, 5) is 8.80. The lowest BCUT2D eigenvalue weighted by Gasteiger charge is -2.07. The lowest BCUT2D eigenvalue weighted by molar-refractivity contribution is 1.18. The lowest BCUT2D eigenvalue weighted by Crippen LogP contribution is -1.93. The van der Waals surface area contributed by atoms with Gasteiger partial charge in [-0.15, -0.1) is 0 Å². The molecule has 0 amide bonds. The third-order valence-electron chi connectivity index (χ3n) is 2.93. The van der Waals surface area contributed by atoms with Crippen molar-refractivity contribution >= 4 is 34.8 Å². The first-order chi connectivity index (χ1) is 10.1. The zero-order valence-electron chi connectivity index (χ0n) is 10.7.